The number of rotatable bonds is 6. The molecule has 0 saturated carbocycles. The first-order valence-electron chi connectivity index (χ1n) is 5.55. The van der Waals surface area contributed by atoms with Crippen molar-refractivity contribution < 1.29 is 5.11 Å². The second kappa shape index (κ2) is 6.76. The molecule has 0 aliphatic heterocycles. The average Bonchev–Trinajstić information content (AvgIpc) is 2.28. The summed E-state index contributed by atoms with van der Waals surface area (Å²) in [6, 6.07) is 4.00. The van der Waals surface area contributed by atoms with Gasteiger partial charge in [0.15, 0.2) is 0 Å². The molecular formula is C12H20N2OS. The van der Waals surface area contributed by atoms with Crippen LogP contribution in [-0.4, -0.2) is 28.1 Å². The lowest BCUT2D eigenvalue weighted by Crippen LogP contribution is -2.30. The summed E-state index contributed by atoms with van der Waals surface area (Å²) in [6.45, 7) is 4.73. The van der Waals surface area contributed by atoms with Gasteiger partial charge in [0, 0.05) is 24.0 Å². The van der Waals surface area contributed by atoms with Gasteiger partial charge in [0.25, 0.3) is 0 Å². The predicted molar refractivity (Wildman–Crippen MR) is 69.9 cm³/mol. The zero-order valence-corrected chi connectivity index (χ0v) is 11.0. The van der Waals surface area contributed by atoms with Gasteiger partial charge in [-0.05, 0) is 31.7 Å². The number of pyridine rings is 1. The Hall–Kier alpha value is -0.740. The molecule has 0 aliphatic rings. The highest BCUT2D eigenvalue weighted by atomic mass is 32.2. The van der Waals surface area contributed by atoms with Crippen LogP contribution in [0.3, 0.4) is 0 Å². The minimum atomic E-state index is 0.275. The summed E-state index contributed by atoms with van der Waals surface area (Å²) >= 11 is 1.83. The zero-order chi connectivity index (χ0) is 12.0. The van der Waals surface area contributed by atoms with Crippen LogP contribution in [0.2, 0.25) is 0 Å². The largest absolute Gasteiger partial charge is 0.506 e. The third kappa shape index (κ3) is 4.02. The minimum Gasteiger partial charge on any atom is -0.506 e. The van der Waals surface area contributed by atoms with Crippen LogP contribution in [0.1, 0.15) is 24.7 Å². The molecule has 90 valence electrons. The maximum absolute atomic E-state index is 9.64. The highest BCUT2D eigenvalue weighted by Crippen LogP contribution is 2.14. The van der Waals surface area contributed by atoms with E-state index in [1.807, 2.05) is 24.8 Å². The van der Waals surface area contributed by atoms with E-state index >= 15 is 0 Å². The summed E-state index contributed by atoms with van der Waals surface area (Å²) in [6.07, 6.45) is 3.19. The van der Waals surface area contributed by atoms with E-state index in [9.17, 15) is 5.11 Å². The number of thioether (sulfide) groups is 1. The van der Waals surface area contributed by atoms with Crippen LogP contribution in [0.25, 0.3) is 0 Å². The van der Waals surface area contributed by atoms with Crippen molar-refractivity contribution in [2.24, 2.45) is 0 Å². The van der Waals surface area contributed by atoms with E-state index in [4.69, 9.17) is 0 Å². The zero-order valence-electron chi connectivity index (χ0n) is 10.2. The standard InChI is InChI=1S/C12H20N2OS/c1-4-10(8-16-3)13-7-11-12(15)6-5-9(2)14-11/h5-6,10,13,15H,4,7-8H2,1-3H3. The number of aromatic nitrogens is 1. The second-order valence-electron chi connectivity index (χ2n) is 3.86. The van der Waals surface area contributed by atoms with Crippen LogP contribution in [0.15, 0.2) is 12.1 Å². The van der Waals surface area contributed by atoms with Gasteiger partial charge in [0.2, 0.25) is 0 Å². The first-order valence-corrected chi connectivity index (χ1v) is 6.94. The molecule has 0 aliphatic carbocycles. The molecule has 0 fully saturated rings. The summed E-state index contributed by atoms with van der Waals surface area (Å²) in [4.78, 5) is 4.32. The van der Waals surface area contributed by atoms with E-state index in [2.05, 4.69) is 23.5 Å². The topological polar surface area (TPSA) is 45.2 Å². The molecule has 2 N–H and O–H groups in total. The SMILES string of the molecule is CCC(CSC)NCc1nc(C)ccc1O. The fraction of sp³-hybridized carbons (Fsp3) is 0.583. The van der Waals surface area contributed by atoms with E-state index in [1.54, 1.807) is 6.07 Å². The lowest BCUT2D eigenvalue weighted by Gasteiger charge is -2.15. The van der Waals surface area contributed by atoms with Gasteiger partial charge in [-0.3, -0.25) is 4.98 Å². The molecule has 0 bridgehead atoms. The smallest absolute Gasteiger partial charge is 0.138 e. The van der Waals surface area contributed by atoms with Crippen molar-refractivity contribution >= 4 is 11.8 Å². The fourth-order valence-electron chi connectivity index (χ4n) is 1.50. The number of nitrogens with zero attached hydrogens (tertiary/aromatic N) is 1. The molecule has 0 saturated heterocycles. The summed E-state index contributed by atoms with van der Waals surface area (Å²) in [7, 11) is 0. The minimum absolute atomic E-state index is 0.275. The molecule has 1 atom stereocenters. The molecule has 1 heterocycles. The highest BCUT2D eigenvalue weighted by Gasteiger charge is 2.07. The second-order valence-corrected chi connectivity index (χ2v) is 4.77. The summed E-state index contributed by atoms with van der Waals surface area (Å²) in [5.74, 6) is 1.36. The van der Waals surface area contributed by atoms with Crippen LogP contribution in [0.5, 0.6) is 5.75 Å². The van der Waals surface area contributed by atoms with E-state index in [-0.39, 0.29) is 5.75 Å². The van der Waals surface area contributed by atoms with Crippen LogP contribution in [0.4, 0.5) is 0 Å². The van der Waals surface area contributed by atoms with Crippen molar-refractivity contribution in [2.45, 2.75) is 32.9 Å². The third-order valence-electron chi connectivity index (χ3n) is 2.51. The maximum atomic E-state index is 9.64. The van der Waals surface area contributed by atoms with Crippen LogP contribution in [0, 0.1) is 6.92 Å². The van der Waals surface area contributed by atoms with Crippen molar-refractivity contribution in [3.8, 4) is 5.75 Å². The maximum Gasteiger partial charge on any atom is 0.138 e. The highest BCUT2D eigenvalue weighted by molar-refractivity contribution is 7.98. The monoisotopic (exact) mass is 240 g/mol. The molecule has 4 heteroatoms. The Morgan fingerprint density at radius 2 is 2.25 bits per heavy atom. The van der Waals surface area contributed by atoms with E-state index in [1.165, 1.54) is 0 Å². The Labute approximate surface area is 102 Å². The summed E-state index contributed by atoms with van der Waals surface area (Å²) < 4.78 is 0. The van der Waals surface area contributed by atoms with Gasteiger partial charge in [0.1, 0.15) is 5.75 Å². The normalized spacial score (nSPS) is 12.7. The quantitative estimate of drug-likeness (QED) is 0.801. The fourth-order valence-corrected chi connectivity index (χ4v) is 2.25. The molecule has 3 nitrogen and oxygen atoms in total. The Balaban J connectivity index is 2.55. The number of hydrogen-bond donors (Lipinski definition) is 2. The lowest BCUT2D eigenvalue weighted by molar-refractivity contribution is 0.452. The Bertz CT molecular complexity index is 331. The first kappa shape index (κ1) is 13.3. The molecule has 0 spiro atoms. The molecule has 1 aromatic rings. The number of hydrogen-bond acceptors (Lipinski definition) is 4. The van der Waals surface area contributed by atoms with Crippen LogP contribution < -0.4 is 5.32 Å². The van der Waals surface area contributed by atoms with Crippen molar-refractivity contribution in [2.75, 3.05) is 12.0 Å². The average molecular weight is 240 g/mol. The van der Waals surface area contributed by atoms with Gasteiger partial charge in [-0.1, -0.05) is 6.92 Å². The summed E-state index contributed by atoms with van der Waals surface area (Å²) in [5.41, 5.74) is 1.67. The van der Waals surface area contributed by atoms with Crippen molar-refractivity contribution in [1.82, 2.24) is 10.3 Å². The van der Waals surface area contributed by atoms with Crippen LogP contribution in [-0.2, 0) is 6.54 Å². The molecule has 1 aromatic heterocycles. The van der Waals surface area contributed by atoms with Gasteiger partial charge in [-0.2, -0.15) is 11.8 Å². The first-order chi connectivity index (χ1) is 7.67. The molecular weight excluding hydrogens is 220 g/mol. The molecule has 0 amide bonds. The number of aromatic hydroxyl groups is 1. The van der Waals surface area contributed by atoms with Crippen molar-refractivity contribution in [3.63, 3.8) is 0 Å². The van der Waals surface area contributed by atoms with E-state index < -0.39 is 0 Å². The Morgan fingerprint density at radius 1 is 1.50 bits per heavy atom. The number of aryl methyl sites for hydroxylation is 1. The Kier molecular flexibility index (Phi) is 5.63. The molecule has 16 heavy (non-hydrogen) atoms. The molecule has 1 rings (SSSR count). The predicted octanol–water partition coefficient (Wildman–Crippen LogP) is 2.33. The third-order valence-corrected chi connectivity index (χ3v) is 3.24. The van der Waals surface area contributed by atoms with Crippen molar-refractivity contribution in [1.29, 1.82) is 0 Å². The summed E-state index contributed by atoms with van der Waals surface area (Å²) in [5, 5.41) is 13.1. The van der Waals surface area contributed by atoms with Gasteiger partial charge in [0.05, 0.1) is 5.69 Å². The molecule has 0 aromatic carbocycles. The van der Waals surface area contributed by atoms with Crippen molar-refractivity contribution in [3.05, 3.63) is 23.5 Å². The van der Waals surface area contributed by atoms with Gasteiger partial charge < -0.3 is 10.4 Å². The molecule has 0 radical (unpaired) electrons. The molecule has 1 unspecified atom stereocenters. The van der Waals surface area contributed by atoms with Gasteiger partial charge >= 0.3 is 0 Å². The number of nitrogens with one attached hydrogen (secondary N) is 1. The van der Waals surface area contributed by atoms with E-state index in [0.29, 0.717) is 12.6 Å². The Morgan fingerprint density at radius 3 is 2.88 bits per heavy atom. The van der Waals surface area contributed by atoms with Crippen LogP contribution >= 0.6 is 11.8 Å². The van der Waals surface area contributed by atoms with Gasteiger partial charge in [-0.25, -0.2) is 0 Å². The van der Waals surface area contributed by atoms with E-state index in [0.717, 1.165) is 23.6 Å². The lowest BCUT2D eigenvalue weighted by atomic mass is 10.2. The van der Waals surface area contributed by atoms with Gasteiger partial charge in [-0.15, -0.1) is 0 Å².